The van der Waals surface area contributed by atoms with Crippen molar-refractivity contribution in [3.63, 3.8) is 0 Å². The van der Waals surface area contributed by atoms with Crippen molar-refractivity contribution in [1.82, 2.24) is 15.2 Å². The van der Waals surface area contributed by atoms with E-state index in [9.17, 15) is 8.78 Å². The number of nitriles is 1. The topological polar surface area (TPSA) is 74.6 Å². The molecule has 0 radical (unpaired) electrons. The van der Waals surface area contributed by atoms with Crippen LogP contribution in [0.15, 0.2) is 48.7 Å². The monoisotopic (exact) mass is 428 g/mol. The number of nitrogens with one attached hydrogen (secondary N) is 1. The number of H-pyrrole nitrogens is 1. The number of halogens is 4. The minimum absolute atomic E-state index is 0.0361. The van der Waals surface area contributed by atoms with Gasteiger partial charge in [-0.2, -0.15) is 10.4 Å². The summed E-state index contributed by atoms with van der Waals surface area (Å²) in [7, 11) is 0. The summed E-state index contributed by atoms with van der Waals surface area (Å²) in [6.45, 7) is 0. The molecule has 0 aliphatic rings. The Bertz CT molecular complexity index is 1280. The van der Waals surface area contributed by atoms with Gasteiger partial charge >= 0.3 is 0 Å². The first-order valence-corrected chi connectivity index (χ1v) is 9.10. The van der Waals surface area contributed by atoms with Crippen LogP contribution in [0.1, 0.15) is 28.8 Å². The van der Waals surface area contributed by atoms with Crippen molar-refractivity contribution in [3.8, 4) is 17.6 Å². The zero-order valence-corrected chi connectivity index (χ0v) is 15.9. The molecule has 2 heterocycles. The molecule has 5 nitrogen and oxygen atoms in total. The van der Waals surface area contributed by atoms with Gasteiger partial charge < -0.3 is 4.74 Å². The summed E-state index contributed by atoms with van der Waals surface area (Å²) in [4.78, 5) is 4.15. The molecule has 0 aliphatic carbocycles. The van der Waals surface area contributed by atoms with Crippen molar-refractivity contribution in [3.05, 3.63) is 81.9 Å². The number of ether oxygens (including phenoxy) is 1. The van der Waals surface area contributed by atoms with Gasteiger partial charge in [0.25, 0.3) is 6.43 Å². The molecule has 0 saturated heterocycles. The van der Waals surface area contributed by atoms with Gasteiger partial charge in [-0.3, -0.25) is 5.10 Å². The summed E-state index contributed by atoms with van der Waals surface area (Å²) in [5, 5.41) is 16.7. The van der Waals surface area contributed by atoms with Gasteiger partial charge in [-0.25, -0.2) is 18.2 Å². The molecule has 2 aromatic heterocycles. The van der Waals surface area contributed by atoms with Crippen molar-refractivity contribution >= 4 is 22.6 Å². The Morgan fingerprint density at radius 3 is 2.80 bits per heavy atom. The second-order valence-electron chi connectivity index (χ2n) is 6.40. The SMILES string of the molecule is N#Cc1cc(Oc2c(Cl)ccc(Cc3n[nH]c4ncccc34)c2F)cc(C(F)F)c1. The molecule has 9 heteroatoms. The number of hydrogen-bond acceptors (Lipinski definition) is 4. The van der Waals surface area contributed by atoms with Crippen LogP contribution in [-0.4, -0.2) is 15.2 Å². The van der Waals surface area contributed by atoms with Gasteiger partial charge in [0.1, 0.15) is 5.75 Å². The van der Waals surface area contributed by atoms with E-state index in [4.69, 9.17) is 21.6 Å². The van der Waals surface area contributed by atoms with Crippen LogP contribution in [0, 0.1) is 17.1 Å². The number of aromatic nitrogens is 3. The van der Waals surface area contributed by atoms with Gasteiger partial charge in [0.2, 0.25) is 0 Å². The number of nitrogens with zero attached hydrogens (tertiary/aromatic N) is 3. The van der Waals surface area contributed by atoms with E-state index in [1.807, 2.05) is 6.07 Å². The normalized spacial score (nSPS) is 11.1. The largest absolute Gasteiger partial charge is 0.453 e. The third kappa shape index (κ3) is 3.80. The second-order valence-corrected chi connectivity index (χ2v) is 6.81. The zero-order chi connectivity index (χ0) is 21.3. The van der Waals surface area contributed by atoms with Crippen LogP contribution in [0.3, 0.4) is 0 Å². The van der Waals surface area contributed by atoms with E-state index in [0.717, 1.165) is 17.5 Å². The highest BCUT2D eigenvalue weighted by Gasteiger charge is 2.19. The molecular formula is C21H12ClF3N4O. The highest BCUT2D eigenvalue weighted by molar-refractivity contribution is 6.32. The van der Waals surface area contributed by atoms with Crippen molar-refractivity contribution in [2.75, 3.05) is 0 Å². The zero-order valence-electron chi connectivity index (χ0n) is 15.2. The first kappa shape index (κ1) is 19.7. The molecule has 1 N–H and O–H groups in total. The molecule has 2 aromatic carbocycles. The Balaban J connectivity index is 1.70. The molecule has 0 spiro atoms. The van der Waals surface area contributed by atoms with E-state index in [1.165, 1.54) is 18.2 Å². The number of alkyl halides is 2. The van der Waals surface area contributed by atoms with Gasteiger partial charge in [0.05, 0.1) is 22.3 Å². The predicted molar refractivity (Wildman–Crippen MR) is 104 cm³/mol. The molecule has 0 bridgehead atoms. The third-order valence-electron chi connectivity index (χ3n) is 4.43. The maximum atomic E-state index is 15.2. The summed E-state index contributed by atoms with van der Waals surface area (Å²) in [5.41, 5.74) is 0.957. The Labute approximate surface area is 173 Å². The molecule has 30 heavy (non-hydrogen) atoms. The lowest BCUT2D eigenvalue weighted by atomic mass is 10.1. The van der Waals surface area contributed by atoms with Gasteiger partial charge in [-0.05, 0) is 42.0 Å². The number of pyridine rings is 1. The molecule has 0 amide bonds. The molecule has 150 valence electrons. The number of benzene rings is 2. The second kappa shape index (κ2) is 8.05. The van der Waals surface area contributed by atoms with Crippen LogP contribution >= 0.6 is 11.6 Å². The Morgan fingerprint density at radius 2 is 2.03 bits per heavy atom. The van der Waals surface area contributed by atoms with Crippen molar-refractivity contribution in [2.24, 2.45) is 0 Å². The van der Waals surface area contributed by atoms with Crippen LogP contribution in [-0.2, 0) is 6.42 Å². The fourth-order valence-electron chi connectivity index (χ4n) is 3.02. The maximum Gasteiger partial charge on any atom is 0.264 e. The Kier molecular flexibility index (Phi) is 5.29. The summed E-state index contributed by atoms with van der Waals surface area (Å²) >= 11 is 6.09. The molecule has 0 unspecified atom stereocenters. The van der Waals surface area contributed by atoms with E-state index in [0.29, 0.717) is 11.3 Å². The summed E-state index contributed by atoms with van der Waals surface area (Å²) in [6.07, 6.45) is -1.07. The lowest BCUT2D eigenvalue weighted by Crippen LogP contribution is -1.99. The molecule has 0 fully saturated rings. The fourth-order valence-corrected chi connectivity index (χ4v) is 3.20. The minimum atomic E-state index is -2.81. The fraction of sp³-hybridized carbons (Fsp3) is 0.0952. The van der Waals surface area contributed by atoms with Crippen LogP contribution < -0.4 is 4.74 Å². The van der Waals surface area contributed by atoms with Crippen molar-refractivity contribution in [2.45, 2.75) is 12.8 Å². The van der Waals surface area contributed by atoms with Crippen molar-refractivity contribution < 1.29 is 17.9 Å². The number of aromatic amines is 1. The van der Waals surface area contributed by atoms with Crippen LogP contribution in [0.5, 0.6) is 11.5 Å². The van der Waals surface area contributed by atoms with E-state index >= 15 is 4.39 Å². The first-order chi connectivity index (χ1) is 14.5. The molecule has 0 aliphatic heterocycles. The van der Waals surface area contributed by atoms with Crippen LogP contribution in [0.4, 0.5) is 13.2 Å². The first-order valence-electron chi connectivity index (χ1n) is 8.72. The molecular weight excluding hydrogens is 417 g/mol. The van der Waals surface area contributed by atoms with Gasteiger partial charge in [0, 0.05) is 23.6 Å². The number of rotatable bonds is 5. The smallest absolute Gasteiger partial charge is 0.264 e. The summed E-state index contributed by atoms with van der Waals surface area (Å²) < 4.78 is 46.8. The maximum absolute atomic E-state index is 15.2. The average molecular weight is 429 g/mol. The molecule has 4 rings (SSSR count). The van der Waals surface area contributed by atoms with Gasteiger partial charge in [-0.1, -0.05) is 17.7 Å². The third-order valence-corrected chi connectivity index (χ3v) is 4.73. The minimum Gasteiger partial charge on any atom is -0.453 e. The average Bonchev–Trinajstić information content (AvgIpc) is 3.15. The highest BCUT2D eigenvalue weighted by Crippen LogP contribution is 2.36. The number of fused-ring (bicyclic) bond motifs is 1. The standard InChI is InChI=1S/C21H12ClF3N4O/c22-16-4-3-12(9-17-15-2-1-5-27-21(15)29-28-17)18(23)19(16)30-14-7-11(10-26)6-13(8-14)20(24)25/h1-8,20H,9H2,(H,27,28,29). The summed E-state index contributed by atoms with van der Waals surface area (Å²) in [5.74, 6) is -1.18. The van der Waals surface area contributed by atoms with Crippen LogP contribution in [0.2, 0.25) is 5.02 Å². The molecule has 4 aromatic rings. The van der Waals surface area contributed by atoms with E-state index in [1.54, 1.807) is 18.3 Å². The van der Waals surface area contributed by atoms with Crippen molar-refractivity contribution in [1.29, 1.82) is 5.26 Å². The Morgan fingerprint density at radius 1 is 1.20 bits per heavy atom. The summed E-state index contributed by atoms with van der Waals surface area (Å²) in [6, 6.07) is 11.6. The predicted octanol–water partition coefficient (Wildman–Crippen LogP) is 5.94. The number of hydrogen-bond donors (Lipinski definition) is 1. The highest BCUT2D eigenvalue weighted by atomic mass is 35.5. The lowest BCUT2D eigenvalue weighted by molar-refractivity contribution is 0.151. The van der Waals surface area contributed by atoms with E-state index < -0.39 is 17.8 Å². The quantitative estimate of drug-likeness (QED) is 0.426. The molecule has 0 atom stereocenters. The lowest BCUT2D eigenvalue weighted by Gasteiger charge is -2.13. The molecule has 0 saturated carbocycles. The van der Waals surface area contributed by atoms with Gasteiger partial charge in [-0.15, -0.1) is 0 Å². The Hall–Kier alpha value is -3.57. The van der Waals surface area contributed by atoms with E-state index in [-0.39, 0.29) is 34.1 Å². The van der Waals surface area contributed by atoms with E-state index in [2.05, 4.69) is 15.2 Å². The van der Waals surface area contributed by atoms with Crippen LogP contribution in [0.25, 0.3) is 11.0 Å². The van der Waals surface area contributed by atoms with Gasteiger partial charge in [0.15, 0.2) is 17.2 Å².